The van der Waals surface area contributed by atoms with E-state index in [9.17, 15) is 13.2 Å². The molecule has 0 saturated heterocycles. The van der Waals surface area contributed by atoms with Gasteiger partial charge in [-0.1, -0.05) is 6.07 Å². The van der Waals surface area contributed by atoms with Crippen LogP contribution in [0.5, 0.6) is 0 Å². The summed E-state index contributed by atoms with van der Waals surface area (Å²) in [4.78, 5) is 15.6. The molecule has 0 fully saturated rings. The zero-order valence-electron chi connectivity index (χ0n) is 11.4. The van der Waals surface area contributed by atoms with E-state index < -0.39 is 15.9 Å². The van der Waals surface area contributed by atoms with Crippen molar-refractivity contribution in [3.05, 3.63) is 30.1 Å². The van der Waals surface area contributed by atoms with Crippen molar-refractivity contribution in [3.8, 4) is 0 Å². The average Bonchev–Trinajstić information content (AvgIpc) is 2.85. The highest BCUT2D eigenvalue weighted by atomic mass is 32.2. The topological polar surface area (TPSA) is 134 Å². The van der Waals surface area contributed by atoms with E-state index in [1.54, 1.807) is 6.07 Å². The molecule has 1 aromatic carbocycles. The molecule has 0 bridgehead atoms. The van der Waals surface area contributed by atoms with Gasteiger partial charge in [-0.3, -0.25) is 9.89 Å². The van der Waals surface area contributed by atoms with Crippen LogP contribution in [0.15, 0.2) is 29.2 Å². The monoisotopic (exact) mass is 310 g/mol. The van der Waals surface area contributed by atoms with E-state index in [-0.39, 0.29) is 16.7 Å². The lowest BCUT2D eigenvalue weighted by Gasteiger charge is -2.12. The van der Waals surface area contributed by atoms with Gasteiger partial charge in [-0.05, 0) is 18.2 Å². The molecule has 1 amide bonds. The van der Waals surface area contributed by atoms with E-state index in [4.69, 9.17) is 5.73 Å². The summed E-state index contributed by atoms with van der Waals surface area (Å²) in [6.07, 6.45) is 0. The molecule has 4 N–H and O–H groups in total. The number of benzene rings is 1. The van der Waals surface area contributed by atoms with Crippen LogP contribution in [0.25, 0.3) is 0 Å². The predicted molar refractivity (Wildman–Crippen MR) is 76.1 cm³/mol. The molecular formula is C11H14N6O3S. The zero-order valence-corrected chi connectivity index (χ0v) is 12.2. The number of nitrogen functional groups attached to an aromatic ring is 1. The molecule has 0 aliphatic rings. The molecule has 1 aromatic heterocycles. The molecule has 10 heteroatoms. The Kier molecular flexibility index (Phi) is 3.91. The average molecular weight is 310 g/mol. The molecule has 2 aromatic rings. The first-order valence-electron chi connectivity index (χ1n) is 5.82. The van der Waals surface area contributed by atoms with Crippen LogP contribution in [0.1, 0.15) is 10.6 Å². The maximum atomic E-state index is 12.0. The van der Waals surface area contributed by atoms with Crippen LogP contribution in [0.3, 0.4) is 0 Å². The summed E-state index contributed by atoms with van der Waals surface area (Å²) in [7, 11) is -0.713. The highest BCUT2D eigenvalue weighted by molar-refractivity contribution is 7.89. The highest BCUT2D eigenvalue weighted by Crippen LogP contribution is 2.18. The largest absolute Gasteiger partial charge is 0.366 e. The normalized spacial score (nSPS) is 11.6. The molecule has 0 atom stereocenters. The number of nitrogens with one attached hydrogen (secondary N) is 2. The number of carbonyl (C=O) groups excluding carboxylic acids is 1. The van der Waals surface area contributed by atoms with E-state index in [0.717, 1.165) is 4.31 Å². The number of amides is 1. The Labute approximate surface area is 121 Å². The molecule has 0 unspecified atom stereocenters. The Hall–Kier alpha value is -2.46. The Balaban J connectivity index is 2.25. The second kappa shape index (κ2) is 5.50. The molecule has 0 aliphatic carbocycles. The SMILES string of the molecule is CN(C)S(=O)(=O)c1cccc(NC(=O)c2nc(N)n[nH]2)c1. The molecule has 9 nitrogen and oxygen atoms in total. The van der Waals surface area contributed by atoms with Crippen molar-refractivity contribution in [2.75, 3.05) is 25.1 Å². The Morgan fingerprint density at radius 1 is 1.38 bits per heavy atom. The van der Waals surface area contributed by atoms with Crippen LogP contribution in [-0.2, 0) is 10.0 Å². The number of nitrogens with zero attached hydrogens (tertiary/aromatic N) is 3. The summed E-state index contributed by atoms with van der Waals surface area (Å²) in [5, 5.41) is 8.41. The molecule has 0 saturated carbocycles. The van der Waals surface area contributed by atoms with E-state index in [0.29, 0.717) is 5.69 Å². The predicted octanol–water partition coefficient (Wildman–Crippen LogP) is -0.111. The van der Waals surface area contributed by atoms with Gasteiger partial charge in [0.2, 0.25) is 21.8 Å². The van der Waals surface area contributed by atoms with Crippen molar-refractivity contribution in [1.82, 2.24) is 19.5 Å². The van der Waals surface area contributed by atoms with Crippen molar-refractivity contribution in [3.63, 3.8) is 0 Å². The zero-order chi connectivity index (χ0) is 15.6. The number of rotatable bonds is 4. The third-order valence-corrected chi connectivity index (χ3v) is 4.40. The number of hydrogen-bond donors (Lipinski definition) is 3. The summed E-state index contributed by atoms with van der Waals surface area (Å²) >= 11 is 0. The molecule has 1 heterocycles. The van der Waals surface area contributed by atoms with E-state index in [1.807, 2.05) is 0 Å². The van der Waals surface area contributed by atoms with Crippen molar-refractivity contribution in [1.29, 1.82) is 0 Å². The Bertz CT molecular complexity index is 768. The fourth-order valence-corrected chi connectivity index (χ4v) is 2.46. The molecule has 21 heavy (non-hydrogen) atoms. The maximum Gasteiger partial charge on any atom is 0.293 e. The second-order valence-corrected chi connectivity index (χ2v) is 6.46. The number of carbonyl (C=O) groups is 1. The molecule has 0 spiro atoms. The number of hydrogen-bond acceptors (Lipinski definition) is 6. The summed E-state index contributed by atoms with van der Waals surface area (Å²) in [5.41, 5.74) is 5.62. The summed E-state index contributed by atoms with van der Waals surface area (Å²) in [6, 6.07) is 5.89. The quantitative estimate of drug-likeness (QED) is 0.721. The summed E-state index contributed by atoms with van der Waals surface area (Å²) in [5.74, 6) is -0.684. The van der Waals surface area contributed by atoms with Crippen LogP contribution < -0.4 is 11.1 Å². The molecule has 2 rings (SSSR count). The van der Waals surface area contributed by atoms with Crippen molar-refractivity contribution >= 4 is 27.6 Å². The van der Waals surface area contributed by atoms with E-state index in [2.05, 4.69) is 20.5 Å². The van der Waals surface area contributed by atoms with Gasteiger partial charge >= 0.3 is 0 Å². The van der Waals surface area contributed by atoms with Gasteiger partial charge in [0, 0.05) is 19.8 Å². The Morgan fingerprint density at radius 2 is 2.10 bits per heavy atom. The first-order valence-corrected chi connectivity index (χ1v) is 7.26. The van der Waals surface area contributed by atoms with E-state index >= 15 is 0 Å². The minimum atomic E-state index is -3.57. The lowest BCUT2D eigenvalue weighted by Crippen LogP contribution is -2.22. The van der Waals surface area contributed by atoms with Crippen LogP contribution >= 0.6 is 0 Å². The third-order valence-electron chi connectivity index (χ3n) is 2.59. The van der Waals surface area contributed by atoms with Gasteiger partial charge in [0.05, 0.1) is 4.90 Å². The number of aromatic amines is 1. The minimum absolute atomic E-state index is 0.0518. The number of aromatic nitrogens is 3. The molecule has 0 radical (unpaired) electrons. The molecular weight excluding hydrogens is 296 g/mol. The van der Waals surface area contributed by atoms with Crippen LogP contribution in [-0.4, -0.2) is 47.9 Å². The lowest BCUT2D eigenvalue weighted by atomic mass is 10.3. The smallest absolute Gasteiger partial charge is 0.293 e. The summed E-state index contributed by atoms with van der Waals surface area (Å²) in [6.45, 7) is 0. The van der Waals surface area contributed by atoms with Gasteiger partial charge in [-0.2, -0.15) is 4.98 Å². The fourth-order valence-electron chi connectivity index (χ4n) is 1.51. The Morgan fingerprint density at radius 3 is 2.67 bits per heavy atom. The first kappa shape index (κ1) is 14.9. The van der Waals surface area contributed by atoms with Gasteiger partial charge in [0.15, 0.2) is 0 Å². The molecule has 112 valence electrons. The van der Waals surface area contributed by atoms with Crippen LogP contribution in [0.4, 0.5) is 11.6 Å². The van der Waals surface area contributed by atoms with Gasteiger partial charge in [-0.25, -0.2) is 12.7 Å². The van der Waals surface area contributed by atoms with Gasteiger partial charge in [0.1, 0.15) is 0 Å². The number of sulfonamides is 1. The maximum absolute atomic E-state index is 12.0. The van der Waals surface area contributed by atoms with Gasteiger partial charge in [-0.15, -0.1) is 5.10 Å². The number of nitrogens with two attached hydrogens (primary N) is 1. The van der Waals surface area contributed by atoms with Crippen molar-refractivity contribution in [2.45, 2.75) is 4.90 Å². The number of H-pyrrole nitrogens is 1. The van der Waals surface area contributed by atoms with Gasteiger partial charge < -0.3 is 11.1 Å². The summed E-state index contributed by atoms with van der Waals surface area (Å²) < 4.78 is 25.1. The standard InChI is InChI=1S/C11H14N6O3S/c1-17(2)21(19,20)8-5-3-4-7(6-8)13-10(18)9-14-11(12)16-15-9/h3-6H,1-2H3,(H,13,18)(H3,12,14,15,16). The van der Waals surface area contributed by atoms with E-state index in [1.165, 1.54) is 32.3 Å². The van der Waals surface area contributed by atoms with Gasteiger partial charge in [0.25, 0.3) is 5.91 Å². The van der Waals surface area contributed by atoms with Crippen molar-refractivity contribution < 1.29 is 13.2 Å². The third kappa shape index (κ3) is 3.17. The fraction of sp³-hybridized carbons (Fsp3) is 0.182. The molecule has 0 aliphatic heterocycles. The highest BCUT2D eigenvalue weighted by Gasteiger charge is 2.18. The van der Waals surface area contributed by atoms with Crippen LogP contribution in [0, 0.1) is 0 Å². The number of anilines is 2. The minimum Gasteiger partial charge on any atom is -0.366 e. The van der Waals surface area contributed by atoms with Crippen molar-refractivity contribution in [2.24, 2.45) is 0 Å². The first-order chi connectivity index (χ1) is 9.80. The van der Waals surface area contributed by atoms with Crippen LogP contribution in [0.2, 0.25) is 0 Å². The second-order valence-electron chi connectivity index (χ2n) is 4.31. The lowest BCUT2D eigenvalue weighted by molar-refractivity contribution is 0.101.